The van der Waals surface area contributed by atoms with Crippen LogP contribution in [-0.2, 0) is 0 Å². The van der Waals surface area contributed by atoms with Crippen LogP contribution >= 0.6 is 11.3 Å². The number of hydrogen-bond donors (Lipinski definition) is 1. The Morgan fingerprint density at radius 3 is 2.88 bits per heavy atom. The third-order valence-corrected chi connectivity index (χ3v) is 1.38. The van der Waals surface area contributed by atoms with Gasteiger partial charge in [-0.05, 0) is 16.5 Å². The normalized spacial score (nSPS) is 9.00. The predicted octanol–water partition coefficient (Wildman–Crippen LogP) is 0.542. The van der Waals surface area contributed by atoms with Crippen LogP contribution in [0.25, 0.3) is 0 Å². The fourth-order valence-electron chi connectivity index (χ4n) is 0.349. The van der Waals surface area contributed by atoms with Gasteiger partial charge in [-0.25, -0.2) is 4.98 Å². The lowest BCUT2D eigenvalue weighted by molar-refractivity contribution is -0.353. The monoisotopic (exact) mass is 130 g/mol. The Bertz CT molecular complexity index is 196. The minimum atomic E-state index is 0.377. The first kappa shape index (κ1) is 5.17. The van der Waals surface area contributed by atoms with E-state index in [9.17, 15) is 4.91 Å². The molecular formula is C3H4N3OS+. The summed E-state index contributed by atoms with van der Waals surface area (Å²) < 4.78 is 0. The van der Waals surface area contributed by atoms with Gasteiger partial charge in [0.1, 0.15) is 6.20 Å². The van der Waals surface area contributed by atoms with Gasteiger partial charge in [0.25, 0.3) is 0 Å². The molecule has 4 nitrogen and oxygen atoms in total. The van der Waals surface area contributed by atoms with Gasteiger partial charge in [0.15, 0.2) is 0 Å². The summed E-state index contributed by atoms with van der Waals surface area (Å²) in [5, 5.41) is 3.53. The van der Waals surface area contributed by atoms with Crippen molar-refractivity contribution in [3.63, 3.8) is 0 Å². The number of rotatable bonds is 1. The number of anilines is 1. The summed E-state index contributed by atoms with van der Waals surface area (Å²) in [5.74, 6) is 0. The van der Waals surface area contributed by atoms with Crippen LogP contribution in [-0.4, -0.2) is 0 Å². The van der Waals surface area contributed by atoms with Crippen LogP contribution in [0.15, 0.2) is 11.4 Å². The maximum atomic E-state index is 9.70. The van der Waals surface area contributed by atoms with Gasteiger partial charge in [-0.15, -0.1) is 4.91 Å². The number of aromatic nitrogens is 1. The standard InChI is InChI=1S/C3H3N3OS/c4-3-5-1-2(6-7)8-3/h1H,(H2,4,5)/p+1. The molecule has 0 bridgehead atoms. The summed E-state index contributed by atoms with van der Waals surface area (Å²) in [6, 6.07) is 0. The second-order valence-corrected chi connectivity index (χ2v) is 2.25. The average molecular weight is 130 g/mol. The summed E-state index contributed by atoms with van der Waals surface area (Å²) in [5.41, 5.74) is 5.22. The lowest BCUT2D eigenvalue weighted by Gasteiger charge is -1.62. The molecule has 0 radical (unpaired) electrons. The zero-order chi connectivity index (χ0) is 5.98. The van der Waals surface area contributed by atoms with Crippen molar-refractivity contribution in [3.8, 4) is 0 Å². The zero-order valence-electron chi connectivity index (χ0n) is 3.92. The summed E-state index contributed by atoms with van der Waals surface area (Å²) in [7, 11) is 0. The lowest BCUT2D eigenvalue weighted by Crippen LogP contribution is -2.00. The molecule has 5 heteroatoms. The quantitative estimate of drug-likeness (QED) is 0.563. The van der Waals surface area contributed by atoms with E-state index < -0.39 is 0 Å². The van der Waals surface area contributed by atoms with Crippen molar-refractivity contribution >= 4 is 21.5 Å². The van der Waals surface area contributed by atoms with Crippen molar-refractivity contribution in [2.24, 2.45) is 5.18 Å². The van der Waals surface area contributed by atoms with Gasteiger partial charge in [0, 0.05) is 0 Å². The highest BCUT2D eigenvalue weighted by molar-refractivity contribution is 7.18. The van der Waals surface area contributed by atoms with Gasteiger partial charge in [0.05, 0.1) is 0 Å². The van der Waals surface area contributed by atoms with Crippen LogP contribution < -0.4 is 10.7 Å². The molecule has 0 saturated heterocycles. The SMILES string of the molecule is Nc1[nH+]cc(N=O)s1. The van der Waals surface area contributed by atoms with E-state index in [2.05, 4.69) is 10.2 Å². The number of nitrogens with zero attached hydrogens (tertiary/aromatic N) is 1. The lowest BCUT2D eigenvalue weighted by atomic mass is 10.9. The summed E-state index contributed by atoms with van der Waals surface area (Å²) in [6.45, 7) is 0. The number of aromatic amines is 1. The predicted molar refractivity (Wildman–Crippen MR) is 30.7 cm³/mol. The van der Waals surface area contributed by atoms with Crippen molar-refractivity contribution in [3.05, 3.63) is 11.1 Å². The molecule has 3 N–H and O–H groups in total. The number of H-pyrrole nitrogens is 1. The molecule has 0 aliphatic rings. The third kappa shape index (κ3) is 0.812. The Labute approximate surface area is 49.3 Å². The van der Waals surface area contributed by atoms with Crippen molar-refractivity contribution in [2.45, 2.75) is 0 Å². The van der Waals surface area contributed by atoms with E-state index in [0.29, 0.717) is 10.1 Å². The Morgan fingerprint density at radius 1 is 1.88 bits per heavy atom. The van der Waals surface area contributed by atoms with Crippen LogP contribution in [0.3, 0.4) is 0 Å². The van der Waals surface area contributed by atoms with Crippen LogP contribution in [0.1, 0.15) is 0 Å². The Morgan fingerprint density at radius 2 is 2.62 bits per heavy atom. The maximum absolute atomic E-state index is 9.70. The van der Waals surface area contributed by atoms with Gasteiger partial charge in [-0.2, -0.15) is 0 Å². The van der Waals surface area contributed by atoms with E-state index in [4.69, 9.17) is 5.73 Å². The Hall–Kier alpha value is -0.970. The van der Waals surface area contributed by atoms with Crippen molar-refractivity contribution in [2.75, 3.05) is 5.73 Å². The molecule has 1 aromatic rings. The molecule has 42 valence electrons. The molecule has 0 aromatic carbocycles. The molecule has 0 amide bonds. The summed E-state index contributed by atoms with van der Waals surface area (Å²) >= 11 is 1.13. The van der Waals surface area contributed by atoms with Gasteiger partial charge in [-0.3, -0.25) is 5.73 Å². The minimum Gasteiger partial charge on any atom is -0.278 e. The number of nitrogen functional groups attached to an aromatic ring is 1. The van der Waals surface area contributed by atoms with E-state index in [-0.39, 0.29) is 0 Å². The van der Waals surface area contributed by atoms with E-state index in [1.165, 1.54) is 6.20 Å². The highest BCUT2D eigenvalue weighted by Crippen LogP contribution is 2.18. The maximum Gasteiger partial charge on any atom is 0.331 e. The van der Waals surface area contributed by atoms with Gasteiger partial charge in [0.2, 0.25) is 5.00 Å². The highest BCUT2D eigenvalue weighted by atomic mass is 32.1. The smallest absolute Gasteiger partial charge is 0.278 e. The first-order valence-electron chi connectivity index (χ1n) is 1.93. The molecule has 0 aliphatic heterocycles. The average Bonchev–Trinajstić information content (AvgIpc) is 2.14. The van der Waals surface area contributed by atoms with Gasteiger partial charge < -0.3 is 0 Å². The second kappa shape index (κ2) is 1.87. The molecule has 0 aliphatic carbocycles. The minimum absolute atomic E-state index is 0.377. The fourth-order valence-corrected chi connectivity index (χ4v) is 0.848. The first-order valence-corrected chi connectivity index (χ1v) is 2.75. The molecule has 1 aromatic heterocycles. The van der Waals surface area contributed by atoms with Crippen LogP contribution in [0, 0.1) is 4.91 Å². The summed E-state index contributed by atoms with van der Waals surface area (Å²) in [6.07, 6.45) is 1.47. The van der Waals surface area contributed by atoms with Crippen molar-refractivity contribution < 1.29 is 4.98 Å². The fraction of sp³-hybridized carbons (Fsp3) is 0. The molecular weight excluding hydrogens is 126 g/mol. The van der Waals surface area contributed by atoms with Crippen LogP contribution in [0.4, 0.5) is 10.1 Å². The number of thiazole rings is 1. The molecule has 0 spiro atoms. The summed E-state index contributed by atoms with van der Waals surface area (Å²) in [4.78, 5) is 12.3. The van der Waals surface area contributed by atoms with Crippen molar-refractivity contribution in [1.29, 1.82) is 0 Å². The number of nitrogens with two attached hydrogens (primary N) is 1. The largest absolute Gasteiger partial charge is 0.331 e. The number of nitrogens with one attached hydrogen (secondary N) is 1. The second-order valence-electron chi connectivity index (χ2n) is 1.18. The van der Waals surface area contributed by atoms with Gasteiger partial charge in [-0.1, -0.05) is 0 Å². The number of hydrogen-bond acceptors (Lipinski definition) is 4. The number of nitroso groups, excluding NO2 is 1. The van der Waals surface area contributed by atoms with E-state index in [1.54, 1.807) is 0 Å². The zero-order valence-corrected chi connectivity index (χ0v) is 4.73. The topological polar surface area (TPSA) is 69.6 Å². The van der Waals surface area contributed by atoms with E-state index >= 15 is 0 Å². The Balaban J connectivity index is 3.00. The molecule has 0 fully saturated rings. The van der Waals surface area contributed by atoms with E-state index in [1.807, 2.05) is 0 Å². The molecule has 0 unspecified atom stereocenters. The first-order chi connectivity index (χ1) is 3.83. The molecule has 0 atom stereocenters. The van der Waals surface area contributed by atoms with E-state index in [0.717, 1.165) is 11.3 Å². The molecule has 1 heterocycles. The third-order valence-electron chi connectivity index (χ3n) is 0.642. The van der Waals surface area contributed by atoms with Crippen LogP contribution in [0.5, 0.6) is 0 Å². The molecule has 1 rings (SSSR count). The van der Waals surface area contributed by atoms with Crippen LogP contribution in [0.2, 0.25) is 0 Å². The molecule has 0 saturated carbocycles. The molecule has 8 heavy (non-hydrogen) atoms. The Kier molecular flexibility index (Phi) is 1.21. The van der Waals surface area contributed by atoms with Crippen molar-refractivity contribution in [1.82, 2.24) is 0 Å². The highest BCUT2D eigenvalue weighted by Gasteiger charge is 1.99. The van der Waals surface area contributed by atoms with Gasteiger partial charge >= 0.3 is 5.13 Å².